The number of aromatic nitrogens is 3. The summed E-state index contributed by atoms with van der Waals surface area (Å²) in [6.45, 7) is 1.28. The van der Waals surface area contributed by atoms with Crippen LogP contribution >= 0.6 is 0 Å². The lowest BCUT2D eigenvalue weighted by Crippen LogP contribution is -2.08. The zero-order valence-electron chi connectivity index (χ0n) is 11.5. The highest BCUT2D eigenvalue weighted by Crippen LogP contribution is 2.18. The van der Waals surface area contributed by atoms with E-state index in [4.69, 9.17) is 10.5 Å². The van der Waals surface area contributed by atoms with Crippen LogP contribution in [0.1, 0.15) is 0 Å². The van der Waals surface area contributed by atoms with E-state index in [0.29, 0.717) is 13.2 Å². The third kappa shape index (κ3) is 3.20. The summed E-state index contributed by atoms with van der Waals surface area (Å²) in [5.41, 5.74) is 8.45. The van der Waals surface area contributed by atoms with Gasteiger partial charge in [0.05, 0.1) is 24.8 Å². The van der Waals surface area contributed by atoms with Crippen LogP contribution in [0.15, 0.2) is 61.3 Å². The Kier molecular flexibility index (Phi) is 3.82. The predicted molar refractivity (Wildman–Crippen MR) is 81.8 cm³/mol. The first-order valence-electron chi connectivity index (χ1n) is 6.72. The molecule has 0 aliphatic carbocycles. The molecule has 0 radical (unpaired) electrons. The van der Waals surface area contributed by atoms with Gasteiger partial charge in [-0.25, -0.2) is 4.98 Å². The van der Waals surface area contributed by atoms with Crippen molar-refractivity contribution in [3.05, 3.63) is 61.3 Å². The number of nitrogens with zero attached hydrogens (tertiary/aromatic N) is 3. The van der Waals surface area contributed by atoms with Crippen LogP contribution in [0.2, 0.25) is 0 Å². The van der Waals surface area contributed by atoms with Crippen molar-refractivity contribution in [1.82, 2.24) is 14.5 Å². The molecule has 0 spiro atoms. The number of imidazole rings is 1. The second-order valence-electron chi connectivity index (χ2n) is 4.63. The van der Waals surface area contributed by atoms with Crippen LogP contribution in [-0.4, -0.2) is 21.1 Å². The fraction of sp³-hybridized carbons (Fsp3) is 0.125. The van der Waals surface area contributed by atoms with Crippen molar-refractivity contribution in [2.45, 2.75) is 6.54 Å². The van der Waals surface area contributed by atoms with Gasteiger partial charge >= 0.3 is 0 Å². The Labute approximate surface area is 123 Å². The number of pyridine rings is 1. The van der Waals surface area contributed by atoms with Crippen LogP contribution < -0.4 is 10.5 Å². The number of hydrogen-bond acceptors (Lipinski definition) is 4. The minimum atomic E-state index is 0.563. The van der Waals surface area contributed by atoms with E-state index in [1.807, 2.05) is 53.4 Å². The normalized spacial score (nSPS) is 10.5. The first-order chi connectivity index (χ1) is 10.3. The molecule has 0 saturated carbocycles. The molecule has 0 saturated heterocycles. The summed E-state index contributed by atoms with van der Waals surface area (Å²) in [6.07, 6.45) is 7.22. The molecule has 106 valence electrons. The monoisotopic (exact) mass is 280 g/mol. The highest BCUT2D eigenvalue weighted by Gasteiger charge is 2.05. The van der Waals surface area contributed by atoms with E-state index >= 15 is 0 Å². The van der Waals surface area contributed by atoms with Gasteiger partial charge in [0, 0.05) is 23.6 Å². The zero-order valence-corrected chi connectivity index (χ0v) is 11.5. The van der Waals surface area contributed by atoms with Crippen LogP contribution in [-0.2, 0) is 6.54 Å². The van der Waals surface area contributed by atoms with Crippen molar-refractivity contribution >= 4 is 5.69 Å². The summed E-state index contributed by atoms with van der Waals surface area (Å²) in [5, 5.41) is 0. The molecule has 5 heteroatoms. The molecule has 2 aromatic heterocycles. The summed E-state index contributed by atoms with van der Waals surface area (Å²) in [5.74, 6) is 0.812. The Bertz CT molecular complexity index is 692. The molecule has 2 heterocycles. The zero-order chi connectivity index (χ0) is 14.5. The number of ether oxygens (including phenoxy) is 1. The smallest absolute Gasteiger partial charge is 0.119 e. The molecule has 0 amide bonds. The van der Waals surface area contributed by atoms with Gasteiger partial charge in [0.1, 0.15) is 12.4 Å². The van der Waals surface area contributed by atoms with Crippen molar-refractivity contribution in [3.8, 4) is 17.0 Å². The lowest BCUT2D eigenvalue weighted by molar-refractivity contribution is 0.299. The summed E-state index contributed by atoms with van der Waals surface area (Å²) >= 11 is 0. The van der Waals surface area contributed by atoms with Crippen molar-refractivity contribution in [2.75, 3.05) is 12.3 Å². The predicted octanol–water partition coefficient (Wildman–Crippen LogP) is 2.61. The standard InChI is InChI=1S/C16H16N4O/c17-14-3-5-15(6-4-14)21-9-8-20-12-19-11-16(20)13-2-1-7-18-10-13/h1-7,10-12H,8-9,17H2. The lowest BCUT2D eigenvalue weighted by atomic mass is 10.2. The Balaban J connectivity index is 1.64. The van der Waals surface area contributed by atoms with Crippen molar-refractivity contribution in [3.63, 3.8) is 0 Å². The molecule has 0 fully saturated rings. The van der Waals surface area contributed by atoms with Gasteiger partial charge in [0.25, 0.3) is 0 Å². The lowest BCUT2D eigenvalue weighted by Gasteiger charge is -2.10. The molecular weight excluding hydrogens is 264 g/mol. The quantitative estimate of drug-likeness (QED) is 0.730. The SMILES string of the molecule is Nc1ccc(OCCn2cncc2-c2cccnc2)cc1. The number of anilines is 1. The number of rotatable bonds is 5. The van der Waals surface area contributed by atoms with E-state index in [2.05, 4.69) is 9.97 Å². The summed E-state index contributed by atoms with van der Waals surface area (Å²) in [4.78, 5) is 8.33. The van der Waals surface area contributed by atoms with Crippen molar-refractivity contribution in [2.24, 2.45) is 0 Å². The number of benzene rings is 1. The third-order valence-corrected chi connectivity index (χ3v) is 3.15. The summed E-state index contributed by atoms with van der Waals surface area (Å²) < 4.78 is 7.76. The maximum absolute atomic E-state index is 5.71. The van der Waals surface area contributed by atoms with E-state index in [1.165, 1.54) is 0 Å². The molecule has 0 bridgehead atoms. The van der Waals surface area contributed by atoms with Gasteiger partial charge in [-0.2, -0.15) is 0 Å². The first-order valence-corrected chi connectivity index (χ1v) is 6.72. The van der Waals surface area contributed by atoms with Gasteiger partial charge in [0.2, 0.25) is 0 Å². The molecule has 0 unspecified atom stereocenters. The van der Waals surface area contributed by atoms with E-state index in [-0.39, 0.29) is 0 Å². The largest absolute Gasteiger partial charge is 0.492 e. The molecule has 0 aliphatic rings. The van der Waals surface area contributed by atoms with Gasteiger partial charge in [0.15, 0.2) is 0 Å². The van der Waals surface area contributed by atoms with Crippen LogP contribution in [0.4, 0.5) is 5.69 Å². The van der Waals surface area contributed by atoms with Crippen molar-refractivity contribution < 1.29 is 4.74 Å². The Morgan fingerprint density at radius 1 is 1.05 bits per heavy atom. The fourth-order valence-corrected chi connectivity index (χ4v) is 2.08. The number of nitrogen functional groups attached to an aromatic ring is 1. The van der Waals surface area contributed by atoms with Gasteiger partial charge in [-0.3, -0.25) is 4.98 Å². The second-order valence-corrected chi connectivity index (χ2v) is 4.63. The molecule has 0 aliphatic heterocycles. The minimum Gasteiger partial charge on any atom is -0.492 e. The Morgan fingerprint density at radius 2 is 1.90 bits per heavy atom. The Morgan fingerprint density at radius 3 is 2.67 bits per heavy atom. The van der Waals surface area contributed by atoms with Crippen LogP contribution in [0.5, 0.6) is 5.75 Å². The molecular formula is C16H16N4O. The van der Waals surface area contributed by atoms with E-state index in [1.54, 1.807) is 12.5 Å². The molecule has 3 aromatic rings. The van der Waals surface area contributed by atoms with Gasteiger partial charge in [-0.1, -0.05) is 0 Å². The molecule has 0 atom stereocenters. The average Bonchev–Trinajstić information content (AvgIpc) is 2.99. The maximum Gasteiger partial charge on any atom is 0.119 e. The van der Waals surface area contributed by atoms with Crippen LogP contribution in [0, 0.1) is 0 Å². The fourth-order valence-electron chi connectivity index (χ4n) is 2.08. The molecule has 5 nitrogen and oxygen atoms in total. The van der Waals surface area contributed by atoms with Crippen LogP contribution in [0.25, 0.3) is 11.3 Å². The highest BCUT2D eigenvalue weighted by atomic mass is 16.5. The molecule has 3 rings (SSSR count). The second kappa shape index (κ2) is 6.09. The van der Waals surface area contributed by atoms with Gasteiger partial charge < -0.3 is 15.0 Å². The van der Waals surface area contributed by atoms with Gasteiger partial charge in [-0.05, 0) is 36.4 Å². The third-order valence-electron chi connectivity index (χ3n) is 3.15. The summed E-state index contributed by atoms with van der Waals surface area (Å²) in [7, 11) is 0. The molecule has 1 aromatic carbocycles. The van der Waals surface area contributed by atoms with Crippen molar-refractivity contribution in [1.29, 1.82) is 0 Å². The van der Waals surface area contributed by atoms with Crippen LogP contribution in [0.3, 0.4) is 0 Å². The average molecular weight is 280 g/mol. The first kappa shape index (κ1) is 13.2. The van der Waals surface area contributed by atoms with Gasteiger partial charge in [-0.15, -0.1) is 0 Å². The van der Waals surface area contributed by atoms with E-state index < -0.39 is 0 Å². The van der Waals surface area contributed by atoms with E-state index in [9.17, 15) is 0 Å². The number of hydrogen-bond donors (Lipinski definition) is 1. The summed E-state index contributed by atoms with van der Waals surface area (Å²) in [6, 6.07) is 11.3. The van der Waals surface area contributed by atoms with E-state index in [0.717, 1.165) is 22.7 Å². The minimum absolute atomic E-state index is 0.563. The highest BCUT2D eigenvalue weighted by molar-refractivity contribution is 5.57. The maximum atomic E-state index is 5.71. The number of nitrogens with two attached hydrogens (primary N) is 1. The topological polar surface area (TPSA) is 66.0 Å². The Hall–Kier alpha value is -2.82. The molecule has 21 heavy (non-hydrogen) atoms. The molecule has 2 N–H and O–H groups in total.